The van der Waals surface area contributed by atoms with Gasteiger partial charge in [-0.2, -0.15) is 0 Å². The summed E-state index contributed by atoms with van der Waals surface area (Å²) >= 11 is 0. The lowest BCUT2D eigenvalue weighted by Crippen LogP contribution is -2.43. The van der Waals surface area contributed by atoms with Crippen LogP contribution < -0.4 is 10.5 Å². The fourth-order valence-corrected chi connectivity index (χ4v) is 2.16. The van der Waals surface area contributed by atoms with Gasteiger partial charge in [-0.1, -0.05) is 19.1 Å². The van der Waals surface area contributed by atoms with Gasteiger partial charge >= 0.3 is 0 Å². The molecule has 1 atom stereocenters. The molecular weight excluding hydrogens is 268 g/mol. The Morgan fingerprint density at radius 1 is 1.38 bits per heavy atom. The van der Waals surface area contributed by atoms with E-state index in [2.05, 4.69) is 0 Å². The van der Waals surface area contributed by atoms with Crippen molar-refractivity contribution in [2.24, 2.45) is 5.73 Å². The molecule has 0 spiro atoms. The van der Waals surface area contributed by atoms with Crippen LogP contribution in [0.2, 0.25) is 0 Å². The molecule has 0 saturated carbocycles. The number of likely N-dealkylation sites (N-methyl/N-ethyl adjacent to an activating group) is 1. The zero-order chi connectivity index (χ0) is 15.9. The van der Waals surface area contributed by atoms with Crippen molar-refractivity contribution in [2.75, 3.05) is 26.2 Å². The standard InChI is InChI=1S/C16H28N2O3/c1-4-18(12-16(2,3)20)10-14(19)11-21-15-7-5-6-13(8-15)9-17/h5-8,14,19-20H,4,9-12,17H2,1-3H3. The third-order valence-corrected chi connectivity index (χ3v) is 3.10. The van der Waals surface area contributed by atoms with Gasteiger partial charge in [0, 0.05) is 19.6 Å². The van der Waals surface area contributed by atoms with Crippen LogP contribution in [-0.4, -0.2) is 53.1 Å². The van der Waals surface area contributed by atoms with Crippen molar-refractivity contribution >= 4 is 0 Å². The highest BCUT2D eigenvalue weighted by Gasteiger charge is 2.19. The first-order chi connectivity index (χ1) is 9.84. The average Bonchev–Trinajstić information content (AvgIpc) is 2.43. The summed E-state index contributed by atoms with van der Waals surface area (Å²) in [7, 11) is 0. The minimum Gasteiger partial charge on any atom is -0.491 e. The summed E-state index contributed by atoms with van der Waals surface area (Å²) in [5.74, 6) is 0.711. The van der Waals surface area contributed by atoms with Gasteiger partial charge < -0.3 is 20.7 Å². The molecule has 0 bridgehead atoms. The lowest BCUT2D eigenvalue weighted by molar-refractivity contribution is 0.0115. The maximum Gasteiger partial charge on any atom is 0.119 e. The van der Waals surface area contributed by atoms with Gasteiger partial charge in [0.05, 0.1) is 5.60 Å². The Labute approximate surface area is 127 Å². The van der Waals surface area contributed by atoms with Crippen molar-refractivity contribution < 1.29 is 14.9 Å². The minimum absolute atomic E-state index is 0.219. The van der Waals surface area contributed by atoms with Gasteiger partial charge in [0.15, 0.2) is 0 Å². The molecule has 0 aliphatic rings. The van der Waals surface area contributed by atoms with Crippen molar-refractivity contribution in [3.63, 3.8) is 0 Å². The molecule has 5 heteroatoms. The van der Waals surface area contributed by atoms with E-state index in [1.165, 1.54) is 0 Å². The normalized spacial score (nSPS) is 13.5. The Kier molecular flexibility index (Phi) is 7.11. The van der Waals surface area contributed by atoms with Gasteiger partial charge in [-0.15, -0.1) is 0 Å². The highest BCUT2D eigenvalue weighted by molar-refractivity contribution is 5.28. The van der Waals surface area contributed by atoms with E-state index < -0.39 is 11.7 Å². The molecule has 0 heterocycles. The monoisotopic (exact) mass is 296 g/mol. The molecule has 0 aromatic heterocycles. The van der Waals surface area contributed by atoms with Crippen LogP contribution in [0.15, 0.2) is 24.3 Å². The topological polar surface area (TPSA) is 79.0 Å². The Balaban J connectivity index is 2.43. The average molecular weight is 296 g/mol. The molecule has 0 aliphatic carbocycles. The van der Waals surface area contributed by atoms with Gasteiger partial charge in [0.25, 0.3) is 0 Å². The third kappa shape index (κ3) is 7.43. The van der Waals surface area contributed by atoms with E-state index in [9.17, 15) is 10.2 Å². The van der Waals surface area contributed by atoms with Crippen LogP contribution in [0.5, 0.6) is 5.75 Å². The number of aliphatic hydroxyl groups excluding tert-OH is 1. The maximum absolute atomic E-state index is 10.1. The van der Waals surface area contributed by atoms with Crippen LogP contribution in [0.4, 0.5) is 0 Å². The fraction of sp³-hybridized carbons (Fsp3) is 0.625. The predicted octanol–water partition coefficient (Wildman–Crippen LogP) is 0.978. The molecule has 1 rings (SSSR count). The number of aliphatic hydroxyl groups is 2. The van der Waals surface area contributed by atoms with E-state index in [0.717, 1.165) is 12.1 Å². The molecule has 120 valence electrons. The van der Waals surface area contributed by atoms with Crippen LogP contribution in [0, 0.1) is 0 Å². The third-order valence-electron chi connectivity index (χ3n) is 3.10. The summed E-state index contributed by atoms with van der Waals surface area (Å²) in [6.07, 6.45) is -0.603. The highest BCUT2D eigenvalue weighted by Crippen LogP contribution is 2.13. The second-order valence-corrected chi connectivity index (χ2v) is 5.96. The Hall–Kier alpha value is -1.14. The van der Waals surface area contributed by atoms with Crippen LogP contribution in [0.25, 0.3) is 0 Å². The largest absolute Gasteiger partial charge is 0.491 e. The highest BCUT2D eigenvalue weighted by atomic mass is 16.5. The number of benzene rings is 1. The molecule has 0 radical (unpaired) electrons. The van der Waals surface area contributed by atoms with Crippen molar-refractivity contribution in [3.05, 3.63) is 29.8 Å². The zero-order valence-electron chi connectivity index (χ0n) is 13.2. The van der Waals surface area contributed by atoms with E-state index >= 15 is 0 Å². The Morgan fingerprint density at radius 2 is 2.10 bits per heavy atom. The number of nitrogens with two attached hydrogens (primary N) is 1. The van der Waals surface area contributed by atoms with Crippen LogP contribution in [-0.2, 0) is 6.54 Å². The van der Waals surface area contributed by atoms with Crippen LogP contribution in [0.3, 0.4) is 0 Å². The molecule has 4 N–H and O–H groups in total. The van der Waals surface area contributed by atoms with E-state index in [1.807, 2.05) is 36.1 Å². The quantitative estimate of drug-likeness (QED) is 0.633. The molecule has 0 aliphatic heterocycles. The van der Waals surface area contributed by atoms with E-state index in [-0.39, 0.29) is 6.61 Å². The SMILES string of the molecule is CCN(CC(O)COc1cccc(CN)c1)CC(C)(C)O. The van der Waals surface area contributed by atoms with Gasteiger partial charge in [0.1, 0.15) is 18.5 Å². The molecule has 0 saturated heterocycles. The van der Waals surface area contributed by atoms with Crippen molar-refractivity contribution in [3.8, 4) is 5.75 Å². The van der Waals surface area contributed by atoms with E-state index in [0.29, 0.717) is 25.4 Å². The molecule has 5 nitrogen and oxygen atoms in total. The summed E-state index contributed by atoms with van der Waals surface area (Å²) in [4.78, 5) is 2.00. The zero-order valence-corrected chi connectivity index (χ0v) is 13.2. The molecular formula is C16H28N2O3. The molecule has 21 heavy (non-hydrogen) atoms. The fourth-order valence-electron chi connectivity index (χ4n) is 2.16. The van der Waals surface area contributed by atoms with Gasteiger partial charge in [-0.3, -0.25) is 4.90 Å². The van der Waals surface area contributed by atoms with Crippen LogP contribution >= 0.6 is 0 Å². The Bertz CT molecular complexity index is 418. The van der Waals surface area contributed by atoms with Gasteiger partial charge in [-0.25, -0.2) is 0 Å². The number of ether oxygens (including phenoxy) is 1. The second kappa shape index (κ2) is 8.34. The number of hydrogen-bond donors (Lipinski definition) is 3. The molecule has 1 aromatic carbocycles. The lowest BCUT2D eigenvalue weighted by Gasteiger charge is -2.29. The first-order valence-electron chi connectivity index (χ1n) is 7.38. The van der Waals surface area contributed by atoms with Crippen molar-refractivity contribution in [1.82, 2.24) is 4.90 Å². The van der Waals surface area contributed by atoms with E-state index in [1.54, 1.807) is 13.8 Å². The number of rotatable bonds is 9. The summed E-state index contributed by atoms with van der Waals surface area (Å²) < 4.78 is 5.59. The number of nitrogens with zero attached hydrogens (tertiary/aromatic N) is 1. The van der Waals surface area contributed by atoms with Crippen molar-refractivity contribution in [2.45, 2.75) is 39.0 Å². The van der Waals surface area contributed by atoms with Gasteiger partial charge in [-0.05, 0) is 38.1 Å². The number of hydrogen-bond acceptors (Lipinski definition) is 5. The first kappa shape index (κ1) is 17.9. The maximum atomic E-state index is 10.1. The molecule has 1 unspecified atom stereocenters. The minimum atomic E-state index is -0.772. The molecule has 0 amide bonds. The Morgan fingerprint density at radius 3 is 2.67 bits per heavy atom. The summed E-state index contributed by atoms with van der Waals surface area (Å²) in [6.45, 7) is 7.97. The van der Waals surface area contributed by atoms with Crippen molar-refractivity contribution in [1.29, 1.82) is 0 Å². The smallest absolute Gasteiger partial charge is 0.119 e. The summed E-state index contributed by atoms with van der Waals surface area (Å²) in [6, 6.07) is 7.55. The molecule has 0 fully saturated rings. The predicted molar refractivity (Wildman–Crippen MR) is 84.2 cm³/mol. The van der Waals surface area contributed by atoms with E-state index in [4.69, 9.17) is 10.5 Å². The van der Waals surface area contributed by atoms with Gasteiger partial charge in [0.2, 0.25) is 0 Å². The summed E-state index contributed by atoms with van der Waals surface area (Å²) in [5.41, 5.74) is 5.81. The molecule has 1 aromatic rings. The summed E-state index contributed by atoms with van der Waals surface area (Å²) in [5, 5.41) is 19.9. The second-order valence-electron chi connectivity index (χ2n) is 5.96. The first-order valence-corrected chi connectivity index (χ1v) is 7.38. The van der Waals surface area contributed by atoms with Crippen LogP contribution in [0.1, 0.15) is 26.3 Å². The lowest BCUT2D eigenvalue weighted by atomic mass is 10.1.